The average molecular weight is 500 g/mol. The fourth-order valence-corrected chi connectivity index (χ4v) is 4.75. The Hall–Kier alpha value is -3.66. The number of aromatic nitrogens is 2. The van der Waals surface area contributed by atoms with Crippen LogP contribution in [0.25, 0.3) is 22.0 Å². The van der Waals surface area contributed by atoms with E-state index in [4.69, 9.17) is 4.74 Å². The third-order valence-electron chi connectivity index (χ3n) is 6.08. The highest BCUT2D eigenvalue weighted by atomic mass is 32.2. The van der Waals surface area contributed by atoms with Gasteiger partial charge in [-0.2, -0.15) is 0 Å². The molecule has 35 heavy (non-hydrogen) atoms. The van der Waals surface area contributed by atoms with E-state index in [1.165, 1.54) is 17.6 Å². The van der Waals surface area contributed by atoms with Crippen LogP contribution < -0.4 is 15.0 Å². The predicted octanol–water partition coefficient (Wildman–Crippen LogP) is 5.24. The molecule has 4 aromatic rings. The number of anilines is 1. The molecule has 5 rings (SSSR count). The molecule has 0 saturated heterocycles. The summed E-state index contributed by atoms with van der Waals surface area (Å²) in [6.45, 7) is 1.54. The van der Waals surface area contributed by atoms with Crippen molar-refractivity contribution in [3.63, 3.8) is 0 Å². The van der Waals surface area contributed by atoms with Crippen LogP contribution in [0.5, 0.6) is 11.5 Å². The molecule has 0 atom stereocenters. The predicted molar refractivity (Wildman–Crippen MR) is 130 cm³/mol. The molecule has 10 heteroatoms. The van der Waals surface area contributed by atoms with Gasteiger partial charge in [0.15, 0.2) is 11.6 Å². The standard InChI is InChI=1S/C25H23F2N3O4S/c1-3-35(32,33)29-16-11-18(14-4-5-14)24(34-22-7-6-15(26)10-21(22)27)19(12-16)20-13-30(2)25(31)23-17(20)8-9-28-23/h6-14,28-29H,3-5H2,1-2H3. The van der Waals surface area contributed by atoms with E-state index in [1.54, 1.807) is 37.6 Å². The van der Waals surface area contributed by atoms with Gasteiger partial charge in [0.25, 0.3) is 5.56 Å². The number of nitrogens with zero attached hydrogens (tertiary/aromatic N) is 1. The van der Waals surface area contributed by atoms with Gasteiger partial charge in [0.05, 0.1) is 5.75 Å². The molecule has 1 fully saturated rings. The zero-order valence-electron chi connectivity index (χ0n) is 19.1. The van der Waals surface area contributed by atoms with Crippen molar-refractivity contribution in [2.24, 2.45) is 7.05 Å². The number of rotatable bonds is 7. The van der Waals surface area contributed by atoms with Crippen molar-refractivity contribution in [3.05, 3.63) is 76.3 Å². The summed E-state index contributed by atoms with van der Waals surface area (Å²) in [6, 6.07) is 8.12. The molecule has 7 nitrogen and oxygen atoms in total. The normalized spacial score (nSPS) is 13.8. The number of aromatic amines is 1. The minimum Gasteiger partial charge on any atom is -0.453 e. The molecule has 0 unspecified atom stereocenters. The number of H-pyrrole nitrogens is 1. The first-order valence-corrected chi connectivity index (χ1v) is 12.8. The summed E-state index contributed by atoms with van der Waals surface area (Å²) in [7, 11) is -1.97. The topological polar surface area (TPSA) is 93.2 Å². The van der Waals surface area contributed by atoms with E-state index in [9.17, 15) is 22.0 Å². The fraction of sp³-hybridized carbons (Fsp3) is 0.240. The van der Waals surface area contributed by atoms with Gasteiger partial charge in [-0.15, -0.1) is 0 Å². The summed E-state index contributed by atoms with van der Waals surface area (Å²) in [5, 5.41) is 0.606. The SMILES string of the molecule is CCS(=O)(=O)Nc1cc(-c2cn(C)c(=O)c3[nH]ccc23)c(Oc2ccc(F)cc2F)c(C2CC2)c1. The van der Waals surface area contributed by atoms with Crippen LogP contribution in [0.4, 0.5) is 14.5 Å². The third kappa shape index (κ3) is 4.41. The number of halogens is 2. The van der Waals surface area contributed by atoms with Crippen molar-refractivity contribution in [1.82, 2.24) is 9.55 Å². The molecule has 1 saturated carbocycles. The first kappa shape index (κ1) is 23.1. The van der Waals surface area contributed by atoms with Crippen LogP contribution in [0.3, 0.4) is 0 Å². The van der Waals surface area contributed by atoms with E-state index in [2.05, 4.69) is 9.71 Å². The highest BCUT2D eigenvalue weighted by molar-refractivity contribution is 7.92. The van der Waals surface area contributed by atoms with Crippen molar-refractivity contribution < 1.29 is 21.9 Å². The number of aryl methyl sites for hydroxylation is 1. The molecule has 2 aromatic carbocycles. The number of nitrogens with one attached hydrogen (secondary N) is 2. The molecule has 1 aliphatic carbocycles. The second-order valence-corrected chi connectivity index (χ2v) is 10.6. The van der Waals surface area contributed by atoms with Crippen LogP contribution >= 0.6 is 0 Å². The van der Waals surface area contributed by atoms with Gasteiger partial charge in [-0.3, -0.25) is 9.52 Å². The first-order valence-electron chi connectivity index (χ1n) is 11.1. The minimum atomic E-state index is -3.58. The lowest BCUT2D eigenvalue weighted by Gasteiger charge is -2.20. The van der Waals surface area contributed by atoms with Crippen molar-refractivity contribution in [3.8, 4) is 22.6 Å². The molecule has 0 amide bonds. The molecule has 182 valence electrons. The summed E-state index contributed by atoms with van der Waals surface area (Å²) >= 11 is 0. The maximum absolute atomic E-state index is 14.6. The van der Waals surface area contributed by atoms with Crippen molar-refractivity contribution in [2.45, 2.75) is 25.7 Å². The maximum atomic E-state index is 14.6. The minimum absolute atomic E-state index is 0.0904. The molecular formula is C25H23F2N3O4S. The summed E-state index contributed by atoms with van der Waals surface area (Å²) in [4.78, 5) is 15.6. The van der Waals surface area contributed by atoms with Crippen LogP contribution in [0.15, 0.2) is 53.6 Å². The summed E-state index contributed by atoms with van der Waals surface area (Å²) in [6.07, 6.45) is 4.99. The Bertz CT molecular complexity index is 1620. The highest BCUT2D eigenvalue weighted by Crippen LogP contribution is 2.51. The number of ether oxygens (including phenoxy) is 1. The monoisotopic (exact) mass is 499 g/mol. The summed E-state index contributed by atoms with van der Waals surface area (Å²) in [5.41, 5.74) is 2.26. The van der Waals surface area contributed by atoms with Gasteiger partial charge in [-0.25, -0.2) is 17.2 Å². The molecule has 2 N–H and O–H groups in total. The Balaban J connectivity index is 1.79. The largest absolute Gasteiger partial charge is 0.453 e. The van der Waals surface area contributed by atoms with E-state index < -0.39 is 21.7 Å². The van der Waals surface area contributed by atoms with Crippen molar-refractivity contribution >= 4 is 26.6 Å². The Morgan fingerprint density at radius 3 is 2.60 bits per heavy atom. The molecule has 2 heterocycles. The van der Waals surface area contributed by atoms with E-state index in [0.717, 1.165) is 25.0 Å². The second-order valence-electron chi connectivity index (χ2n) is 8.62. The quantitative estimate of drug-likeness (QED) is 0.364. The lowest BCUT2D eigenvalue weighted by atomic mass is 9.97. The number of hydrogen-bond donors (Lipinski definition) is 2. The van der Waals surface area contributed by atoms with E-state index in [0.29, 0.717) is 39.0 Å². The summed E-state index contributed by atoms with van der Waals surface area (Å²) < 4.78 is 62.9. The average Bonchev–Trinajstić information content (AvgIpc) is 3.54. The van der Waals surface area contributed by atoms with E-state index >= 15 is 0 Å². The lowest BCUT2D eigenvalue weighted by Crippen LogP contribution is -2.17. The number of hydrogen-bond acceptors (Lipinski definition) is 4. The molecular weight excluding hydrogens is 476 g/mol. The Labute approximate surface area is 200 Å². The Morgan fingerprint density at radius 2 is 1.91 bits per heavy atom. The third-order valence-corrected chi connectivity index (χ3v) is 7.39. The first-order chi connectivity index (χ1) is 16.7. The lowest BCUT2D eigenvalue weighted by molar-refractivity contribution is 0.435. The molecule has 1 aliphatic rings. The van der Waals surface area contributed by atoms with Gasteiger partial charge in [0, 0.05) is 53.3 Å². The zero-order valence-corrected chi connectivity index (χ0v) is 19.9. The smallest absolute Gasteiger partial charge is 0.274 e. The van der Waals surface area contributed by atoms with Gasteiger partial charge in [0.2, 0.25) is 10.0 Å². The molecule has 0 spiro atoms. The van der Waals surface area contributed by atoms with Crippen molar-refractivity contribution in [2.75, 3.05) is 10.5 Å². The highest BCUT2D eigenvalue weighted by Gasteiger charge is 2.31. The van der Waals surface area contributed by atoms with Crippen molar-refractivity contribution in [1.29, 1.82) is 0 Å². The van der Waals surface area contributed by atoms with Crippen LogP contribution in [-0.2, 0) is 17.1 Å². The van der Waals surface area contributed by atoms with Gasteiger partial charge in [0.1, 0.15) is 17.1 Å². The number of pyridine rings is 1. The van der Waals surface area contributed by atoms with E-state index in [1.807, 2.05) is 0 Å². The Morgan fingerprint density at radius 1 is 1.14 bits per heavy atom. The van der Waals surface area contributed by atoms with E-state index in [-0.39, 0.29) is 23.0 Å². The zero-order chi connectivity index (χ0) is 24.9. The van der Waals surface area contributed by atoms with Crippen LogP contribution in [0.1, 0.15) is 31.2 Å². The Kier molecular flexibility index (Phi) is 5.63. The fourth-order valence-electron chi connectivity index (χ4n) is 4.13. The molecule has 0 bridgehead atoms. The van der Waals surface area contributed by atoms with Crippen LogP contribution in [-0.4, -0.2) is 23.7 Å². The molecule has 0 radical (unpaired) electrons. The molecule has 0 aliphatic heterocycles. The summed E-state index contributed by atoms with van der Waals surface area (Å²) in [5.74, 6) is -1.44. The van der Waals surface area contributed by atoms with Gasteiger partial charge in [-0.05, 0) is 56.0 Å². The maximum Gasteiger partial charge on any atom is 0.274 e. The van der Waals surface area contributed by atoms with Gasteiger partial charge < -0.3 is 14.3 Å². The van der Waals surface area contributed by atoms with Gasteiger partial charge in [-0.1, -0.05) is 0 Å². The van der Waals surface area contributed by atoms with Crippen LogP contribution in [0, 0.1) is 11.6 Å². The van der Waals surface area contributed by atoms with Gasteiger partial charge >= 0.3 is 0 Å². The number of benzene rings is 2. The van der Waals surface area contributed by atoms with Crippen LogP contribution in [0.2, 0.25) is 0 Å². The number of fused-ring (bicyclic) bond motifs is 1. The molecule has 2 aromatic heterocycles. The number of sulfonamides is 1. The second kappa shape index (κ2) is 8.53.